The number of thiazole rings is 1. The van der Waals surface area contributed by atoms with Crippen LogP contribution in [0.2, 0.25) is 0 Å². The highest BCUT2D eigenvalue weighted by Gasteiger charge is 2.05. The summed E-state index contributed by atoms with van der Waals surface area (Å²) in [5.41, 5.74) is 5.37. The number of hydrogen-bond donors (Lipinski definition) is 2. The second-order valence-corrected chi connectivity index (χ2v) is 4.61. The number of nitrogens with one attached hydrogen (secondary N) is 1. The van der Waals surface area contributed by atoms with E-state index in [9.17, 15) is 0 Å². The van der Waals surface area contributed by atoms with Gasteiger partial charge in [-0.15, -0.1) is 11.3 Å². The lowest BCUT2D eigenvalue weighted by atomic mass is 10.3. The van der Waals surface area contributed by atoms with E-state index in [4.69, 9.17) is 20.6 Å². The van der Waals surface area contributed by atoms with Gasteiger partial charge in [0.05, 0.1) is 12.0 Å². The van der Waals surface area contributed by atoms with Crippen LogP contribution in [0.1, 0.15) is 9.88 Å². The summed E-state index contributed by atoms with van der Waals surface area (Å²) in [7, 11) is 1.62. The summed E-state index contributed by atoms with van der Waals surface area (Å²) in [5.74, 6) is 1.56. The van der Waals surface area contributed by atoms with E-state index in [1.54, 1.807) is 13.3 Å². The van der Waals surface area contributed by atoms with Crippen LogP contribution in [0.4, 0.5) is 0 Å². The monoisotopic (exact) mass is 263 g/mol. The van der Waals surface area contributed by atoms with Crippen molar-refractivity contribution < 1.29 is 9.47 Å². The van der Waals surface area contributed by atoms with Crippen molar-refractivity contribution in [1.29, 1.82) is 5.41 Å². The van der Waals surface area contributed by atoms with Gasteiger partial charge in [-0.25, -0.2) is 4.98 Å². The molecule has 0 aliphatic heterocycles. The molecule has 6 heteroatoms. The number of nitrogen functional groups attached to an aromatic ring is 1. The number of hydrogen-bond acceptors (Lipinski definition) is 5. The number of methoxy groups -OCH3 is 1. The van der Waals surface area contributed by atoms with Crippen molar-refractivity contribution in [2.24, 2.45) is 5.73 Å². The molecule has 3 N–H and O–H groups in total. The van der Waals surface area contributed by atoms with Gasteiger partial charge in [-0.2, -0.15) is 0 Å². The van der Waals surface area contributed by atoms with Crippen molar-refractivity contribution >= 4 is 17.2 Å². The highest BCUT2D eigenvalue weighted by Crippen LogP contribution is 2.19. The summed E-state index contributed by atoms with van der Waals surface area (Å²) < 4.78 is 10.6. The van der Waals surface area contributed by atoms with E-state index >= 15 is 0 Å². The van der Waals surface area contributed by atoms with Crippen LogP contribution < -0.4 is 15.2 Å². The molecular weight excluding hydrogens is 250 g/mol. The molecule has 0 aliphatic rings. The Bertz CT molecular complexity index is 537. The number of rotatable bonds is 5. The Hall–Kier alpha value is -2.08. The molecule has 0 fully saturated rings. The summed E-state index contributed by atoms with van der Waals surface area (Å²) in [5, 5.41) is 8.07. The fraction of sp³-hybridized carbons (Fsp3) is 0.167. The minimum absolute atomic E-state index is 0.0307. The number of ether oxygens (including phenoxy) is 2. The average Bonchev–Trinajstić information content (AvgIpc) is 2.86. The van der Waals surface area contributed by atoms with E-state index in [-0.39, 0.29) is 5.84 Å². The molecule has 1 aromatic heterocycles. The van der Waals surface area contributed by atoms with Gasteiger partial charge in [0.1, 0.15) is 28.9 Å². The third-order valence-corrected chi connectivity index (χ3v) is 3.24. The molecule has 0 radical (unpaired) electrons. The molecule has 2 rings (SSSR count). The maximum Gasteiger partial charge on any atom is 0.140 e. The SMILES string of the molecule is COc1ccc(OCc2ncc(C(=N)N)s2)cc1. The first-order chi connectivity index (χ1) is 8.69. The molecule has 0 saturated heterocycles. The molecule has 0 saturated carbocycles. The second kappa shape index (κ2) is 5.50. The third-order valence-electron chi connectivity index (χ3n) is 2.24. The predicted molar refractivity (Wildman–Crippen MR) is 70.5 cm³/mol. The zero-order chi connectivity index (χ0) is 13.0. The molecule has 0 unspecified atom stereocenters. The topological polar surface area (TPSA) is 81.2 Å². The lowest BCUT2D eigenvalue weighted by Crippen LogP contribution is -2.08. The van der Waals surface area contributed by atoms with Crippen molar-refractivity contribution in [3.63, 3.8) is 0 Å². The van der Waals surface area contributed by atoms with Crippen LogP contribution in [-0.4, -0.2) is 17.9 Å². The Balaban J connectivity index is 1.95. The molecule has 0 amide bonds. The largest absolute Gasteiger partial charge is 0.497 e. The van der Waals surface area contributed by atoms with Gasteiger partial charge in [0, 0.05) is 6.20 Å². The van der Waals surface area contributed by atoms with Crippen molar-refractivity contribution in [3.8, 4) is 11.5 Å². The van der Waals surface area contributed by atoms with Crippen LogP contribution in [-0.2, 0) is 6.61 Å². The first-order valence-corrected chi connectivity index (χ1v) is 6.06. The summed E-state index contributed by atoms with van der Waals surface area (Å²) >= 11 is 1.36. The second-order valence-electron chi connectivity index (χ2n) is 3.50. The van der Waals surface area contributed by atoms with Crippen LogP contribution in [0.15, 0.2) is 30.5 Å². The molecule has 94 valence electrons. The van der Waals surface area contributed by atoms with Gasteiger partial charge >= 0.3 is 0 Å². The maximum atomic E-state index is 7.28. The average molecular weight is 263 g/mol. The van der Waals surface area contributed by atoms with E-state index in [0.717, 1.165) is 16.5 Å². The normalized spacial score (nSPS) is 10.1. The summed E-state index contributed by atoms with van der Waals surface area (Å²) in [6, 6.07) is 7.33. The fourth-order valence-corrected chi connectivity index (χ4v) is 2.01. The van der Waals surface area contributed by atoms with Gasteiger partial charge in [0.15, 0.2) is 0 Å². The lowest BCUT2D eigenvalue weighted by molar-refractivity contribution is 0.305. The minimum atomic E-state index is 0.0307. The number of benzene rings is 1. The third kappa shape index (κ3) is 2.98. The summed E-state index contributed by atoms with van der Waals surface area (Å²) in [6.45, 7) is 0.365. The van der Waals surface area contributed by atoms with E-state index in [1.807, 2.05) is 24.3 Å². The smallest absolute Gasteiger partial charge is 0.140 e. The van der Waals surface area contributed by atoms with Gasteiger partial charge in [-0.05, 0) is 24.3 Å². The molecule has 0 aliphatic carbocycles. The number of nitrogens with two attached hydrogens (primary N) is 1. The molecule has 18 heavy (non-hydrogen) atoms. The van der Waals surface area contributed by atoms with Crippen LogP contribution in [0.5, 0.6) is 11.5 Å². The van der Waals surface area contributed by atoms with E-state index < -0.39 is 0 Å². The number of aromatic nitrogens is 1. The maximum absolute atomic E-state index is 7.28. The van der Waals surface area contributed by atoms with E-state index in [0.29, 0.717) is 11.5 Å². The molecular formula is C12H13N3O2S. The van der Waals surface area contributed by atoms with Crippen molar-refractivity contribution in [3.05, 3.63) is 40.3 Å². The van der Waals surface area contributed by atoms with Crippen LogP contribution in [0.3, 0.4) is 0 Å². The molecule has 0 bridgehead atoms. The van der Waals surface area contributed by atoms with Gasteiger partial charge in [-0.3, -0.25) is 5.41 Å². The molecule has 1 heterocycles. The number of amidine groups is 1. The van der Waals surface area contributed by atoms with Crippen molar-refractivity contribution in [1.82, 2.24) is 4.98 Å². The Labute approximate surface area is 109 Å². The quantitative estimate of drug-likeness (QED) is 0.638. The summed E-state index contributed by atoms with van der Waals surface area (Å²) in [4.78, 5) is 4.79. The van der Waals surface area contributed by atoms with Crippen LogP contribution >= 0.6 is 11.3 Å². The van der Waals surface area contributed by atoms with Gasteiger partial charge in [-0.1, -0.05) is 0 Å². The molecule has 0 atom stereocenters. The standard InChI is InChI=1S/C12H13N3O2S/c1-16-8-2-4-9(5-3-8)17-7-11-15-6-10(18-11)12(13)14/h2-6H,7H2,1H3,(H3,13,14). The van der Waals surface area contributed by atoms with Crippen molar-refractivity contribution in [2.45, 2.75) is 6.61 Å². The number of nitrogens with zero attached hydrogens (tertiary/aromatic N) is 1. The Morgan fingerprint density at radius 2 is 2.00 bits per heavy atom. The molecule has 0 spiro atoms. The molecule has 5 nitrogen and oxygen atoms in total. The Morgan fingerprint density at radius 1 is 1.33 bits per heavy atom. The molecule has 2 aromatic rings. The minimum Gasteiger partial charge on any atom is -0.497 e. The zero-order valence-corrected chi connectivity index (χ0v) is 10.7. The highest BCUT2D eigenvalue weighted by atomic mass is 32.1. The lowest BCUT2D eigenvalue weighted by Gasteiger charge is -2.04. The summed E-state index contributed by atoms with van der Waals surface area (Å²) in [6.07, 6.45) is 1.58. The van der Waals surface area contributed by atoms with Crippen LogP contribution in [0.25, 0.3) is 0 Å². The van der Waals surface area contributed by atoms with Crippen LogP contribution in [0, 0.1) is 5.41 Å². The fourth-order valence-electron chi connectivity index (χ4n) is 1.32. The highest BCUT2D eigenvalue weighted by molar-refractivity contribution is 7.13. The van der Waals surface area contributed by atoms with Crippen molar-refractivity contribution in [2.75, 3.05) is 7.11 Å². The van der Waals surface area contributed by atoms with E-state index in [1.165, 1.54) is 11.3 Å². The predicted octanol–water partition coefficient (Wildman–Crippen LogP) is 2.01. The Kier molecular flexibility index (Phi) is 3.78. The van der Waals surface area contributed by atoms with Gasteiger partial charge in [0.25, 0.3) is 0 Å². The zero-order valence-electron chi connectivity index (χ0n) is 9.84. The van der Waals surface area contributed by atoms with E-state index in [2.05, 4.69) is 4.98 Å². The molecule has 1 aromatic carbocycles. The Morgan fingerprint density at radius 3 is 2.56 bits per heavy atom. The first-order valence-electron chi connectivity index (χ1n) is 5.25. The first kappa shape index (κ1) is 12.4. The van der Waals surface area contributed by atoms with Gasteiger partial charge < -0.3 is 15.2 Å². The van der Waals surface area contributed by atoms with Gasteiger partial charge in [0.2, 0.25) is 0 Å².